The molecule has 0 saturated carbocycles. The van der Waals surface area contributed by atoms with Gasteiger partial charge in [-0.2, -0.15) is 4.98 Å². The van der Waals surface area contributed by atoms with E-state index in [2.05, 4.69) is 38.1 Å². The van der Waals surface area contributed by atoms with Gasteiger partial charge in [0.2, 0.25) is 5.95 Å². The first-order valence-electron chi connectivity index (χ1n) is 7.24. The average molecular weight is 300 g/mol. The summed E-state index contributed by atoms with van der Waals surface area (Å²) in [6.07, 6.45) is 3.84. The summed E-state index contributed by atoms with van der Waals surface area (Å²) in [5.74, 6) is 1.50. The molecule has 1 aromatic heterocycles. The van der Waals surface area contributed by atoms with E-state index in [1.807, 2.05) is 0 Å². The van der Waals surface area contributed by atoms with Crippen molar-refractivity contribution in [3.8, 4) is 0 Å². The van der Waals surface area contributed by atoms with Gasteiger partial charge >= 0.3 is 0 Å². The third kappa shape index (κ3) is 3.13. The lowest BCUT2D eigenvalue weighted by Crippen LogP contribution is -2.33. The first-order valence-corrected chi connectivity index (χ1v) is 7.24. The number of nitrogens with one attached hydrogen (secondary N) is 3. The Bertz CT molecular complexity index is 683. The maximum atomic E-state index is 13.0. The summed E-state index contributed by atoms with van der Waals surface area (Å²) in [6, 6.07) is 6.11. The van der Waals surface area contributed by atoms with Crippen LogP contribution in [0.2, 0.25) is 0 Å². The lowest BCUT2D eigenvalue weighted by molar-refractivity contribution is 0.627. The number of anilines is 2. The van der Waals surface area contributed by atoms with Gasteiger partial charge in [0.05, 0.1) is 6.20 Å². The number of amidine groups is 1. The summed E-state index contributed by atoms with van der Waals surface area (Å²) in [6.45, 7) is 2.97. The van der Waals surface area contributed by atoms with Gasteiger partial charge in [0, 0.05) is 12.1 Å². The van der Waals surface area contributed by atoms with Crippen LogP contribution in [-0.4, -0.2) is 22.3 Å². The van der Waals surface area contributed by atoms with Crippen LogP contribution in [0, 0.1) is 5.82 Å². The third-order valence-electron chi connectivity index (χ3n) is 3.23. The van der Waals surface area contributed by atoms with Crippen LogP contribution < -0.4 is 16.2 Å². The molecule has 0 spiro atoms. The van der Waals surface area contributed by atoms with Crippen molar-refractivity contribution >= 4 is 23.3 Å². The van der Waals surface area contributed by atoms with E-state index >= 15 is 0 Å². The molecule has 0 saturated heterocycles. The quantitative estimate of drug-likeness (QED) is 0.740. The van der Waals surface area contributed by atoms with Crippen LogP contribution in [0.15, 0.2) is 35.5 Å². The number of fused-ring (bicyclic) bond motifs is 1. The molecule has 0 amide bonds. The van der Waals surface area contributed by atoms with Gasteiger partial charge in [-0.05, 0) is 30.7 Å². The second-order valence-corrected chi connectivity index (χ2v) is 4.93. The van der Waals surface area contributed by atoms with Crippen LogP contribution in [0.25, 0.3) is 0 Å². The van der Waals surface area contributed by atoms with Gasteiger partial charge in [0.15, 0.2) is 11.7 Å². The molecular weight excluding hydrogens is 283 g/mol. The minimum atomic E-state index is -0.278. The highest BCUT2D eigenvalue weighted by Gasteiger charge is 2.14. The molecule has 1 aromatic carbocycles. The summed E-state index contributed by atoms with van der Waals surface area (Å²) in [5.41, 5.74) is 7.38. The molecule has 2 aromatic rings. The fourth-order valence-corrected chi connectivity index (χ4v) is 2.02. The van der Waals surface area contributed by atoms with Crippen LogP contribution in [0.4, 0.5) is 21.8 Å². The van der Waals surface area contributed by atoms with Crippen molar-refractivity contribution < 1.29 is 4.39 Å². The van der Waals surface area contributed by atoms with Gasteiger partial charge in [-0.15, -0.1) is 0 Å². The Labute approximate surface area is 127 Å². The van der Waals surface area contributed by atoms with Crippen LogP contribution >= 0.6 is 0 Å². The lowest BCUT2D eigenvalue weighted by Gasteiger charge is -2.19. The number of halogens is 1. The van der Waals surface area contributed by atoms with Gasteiger partial charge < -0.3 is 5.32 Å². The smallest absolute Gasteiger partial charge is 0.224 e. The Morgan fingerprint density at radius 2 is 2.00 bits per heavy atom. The number of hydrazine groups is 1. The van der Waals surface area contributed by atoms with Gasteiger partial charge in [0.1, 0.15) is 11.5 Å². The number of hydrogen-bond donors (Lipinski definition) is 3. The highest BCUT2D eigenvalue weighted by molar-refractivity contribution is 6.03. The molecule has 3 N–H and O–H groups in total. The largest absolute Gasteiger partial charge is 0.354 e. The number of aromatic nitrogens is 2. The molecule has 1 aliphatic heterocycles. The molecule has 2 heterocycles. The molecule has 0 radical (unpaired) electrons. The predicted octanol–water partition coefficient (Wildman–Crippen LogP) is 2.84. The average Bonchev–Trinajstić information content (AvgIpc) is 2.55. The van der Waals surface area contributed by atoms with Gasteiger partial charge in [-0.25, -0.2) is 14.4 Å². The van der Waals surface area contributed by atoms with Crippen LogP contribution in [0.3, 0.4) is 0 Å². The monoisotopic (exact) mass is 300 g/mol. The molecule has 0 bridgehead atoms. The highest BCUT2D eigenvalue weighted by Crippen LogP contribution is 2.25. The topological polar surface area (TPSA) is 74.2 Å². The Hall–Kier alpha value is -2.70. The Morgan fingerprint density at radius 1 is 1.18 bits per heavy atom. The Balaban J connectivity index is 1.79. The zero-order valence-electron chi connectivity index (χ0n) is 12.2. The molecule has 0 atom stereocenters. The zero-order chi connectivity index (χ0) is 15.4. The van der Waals surface area contributed by atoms with E-state index in [0.29, 0.717) is 23.3 Å². The molecule has 0 aliphatic carbocycles. The van der Waals surface area contributed by atoms with Crippen molar-refractivity contribution in [1.82, 2.24) is 15.4 Å². The van der Waals surface area contributed by atoms with Crippen molar-refractivity contribution in [1.29, 1.82) is 0 Å². The van der Waals surface area contributed by atoms with Gasteiger partial charge in [-0.3, -0.25) is 10.9 Å². The second kappa shape index (κ2) is 6.38. The van der Waals surface area contributed by atoms with Crippen molar-refractivity contribution in [2.45, 2.75) is 19.8 Å². The van der Waals surface area contributed by atoms with Crippen LogP contribution in [0.1, 0.15) is 25.3 Å². The summed E-state index contributed by atoms with van der Waals surface area (Å²) in [7, 11) is 0. The molecule has 7 heteroatoms. The number of rotatable bonds is 5. The van der Waals surface area contributed by atoms with Crippen molar-refractivity contribution in [3.63, 3.8) is 0 Å². The van der Waals surface area contributed by atoms with Crippen molar-refractivity contribution in [2.24, 2.45) is 4.99 Å². The minimum Gasteiger partial charge on any atom is -0.354 e. The van der Waals surface area contributed by atoms with Crippen LogP contribution in [-0.2, 0) is 0 Å². The normalized spacial score (nSPS) is 12.7. The molecule has 1 aliphatic rings. The number of unbranched alkanes of at least 4 members (excludes halogenated alkanes) is 1. The van der Waals surface area contributed by atoms with Crippen molar-refractivity contribution in [3.05, 3.63) is 41.8 Å². The zero-order valence-corrected chi connectivity index (χ0v) is 12.2. The summed E-state index contributed by atoms with van der Waals surface area (Å²) >= 11 is 0. The van der Waals surface area contributed by atoms with Crippen molar-refractivity contribution in [2.75, 3.05) is 17.3 Å². The number of hydrogen-bond acceptors (Lipinski definition) is 6. The molecule has 3 rings (SSSR count). The summed E-state index contributed by atoms with van der Waals surface area (Å²) in [5, 5.41) is 3.16. The lowest BCUT2D eigenvalue weighted by atomic mass is 10.2. The molecule has 0 unspecified atom stereocenters. The van der Waals surface area contributed by atoms with E-state index in [0.717, 1.165) is 24.9 Å². The minimum absolute atomic E-state index is 0.278. The maximum Gasteiger partial charge on any atom is 0.224 e. The van der Waals surface area contributed by atoms with Crippen LogP contribution in [0.5, 0.6) is 0 Å². The van der Waals surface area contributed by atoms with Gasteiger partial charge in [-0.1, -0.05) is 13.3 Å². The SMILES string of the molecule is CCCCNc1ncc2c(n1)NNC(c1ccc(F)cc1)=N2. The van der Waals surface area contributed by atoms with E-state index in [4.69, 9.17) is 0 Å². The first-order chi connectivity index (χ1) is 10.8. The number of aliphatic imine (C=N–C) groups is 1. The van der Waals surface area contributed by atoms with Gasteiger partial charge in [0.25, 0.3) is 0 Å². The predicted molar refractivity (Wildman–Crippen MR) is 84.8 cm³/mol. The Morgan fingerprint density at radius 3 is 2.77 bits per heavy atom. The third-order valence-corrected chi connectivity index (χ3v) is 3.23. The fraction of sp³-hybridized carbons (Fsp3) is 0.267. The van der Waals surface area contributed by atoms with E-state index in [1.165, 1.54) is 12.1 Å². The number of benzene rings is 1. The van der Waals surface area contributed by atoms with E-state index in [-0.39, 0.29) is 5.82 Å². The first kappa shape index (κ1) is 14.2. The highest BCUT2D eigenvalue weighted by atomic mass is 19.1. The number of nitrogens with zero attached hydrogens (tertiary/aromatic N) is 3. The molecule has 6 nitrogen and oxygen atoms in total. The maximum absolute atomic E-state index is 13.0. The summed E-state index contributed by atoms with van der Waals surface area (Å²) < 4.78 is 13.0. The Kier molecular flexibility index (Phi) is 4.13. The molecule has 0 fully saturated rings. The molecule has 22 heavy (non-hydrogen) atoms. The second-order valence-electron chi connectivity index (χ2n) is 4.93. The summed E-state index contributed by atoms with van der Waals surface area (Å²) in [4.78, 5) is 13.1. The molecule has 114 valence electrons. The van der Waals surface area contributed by atoms with E-state index < -0.39 is 0 Å². The van der Waals surface area contributed by atoms with E-state index in [1.54, 1.807) is 18.3 Å². The standard InChI is InChI=1S/C15H17FN6/c1-2-3-8-17-15-18-9-12-14(20-15)22-21-13(19-12)10-4-6-11(16)7-5-10/h4-7,9H,2-3,8H2,1H3,(H,19,21)(H2,17,18,20,22). The fourth-order valence-electron chi connectivity index (χ4n) is 2.02. The van der Waals surface area contributed by atoms with E-state index in [9.17, 15) is 4.39 Å². The molecular formula is C15H17FN6.